The maximum Gasteiger partial charge on any atom is 0.246 e. The van der Waals surface area contributed by atoms with Crippen LogP contribution in [0.5, 0.6) is 0 Å². The van der Waals surface area contributed by atoms with Crippen molar-refractivity contribution in [1.29, 1.82) is 0 Å². The summed E-state index contributed by atoms with van der Waals surface area (Å²) in [5.74, 6) is 0.306. The van der Waals surface area contributed by atoms with Crippen molar-refractivity contribution in [3.63, 3.8) is 0 Å². The second-order valence-electron chi connectivity index (χ2n) is 8.11. The van der Waals surface area contributed by atoms with Gasteiger partial charge in [0.15, 0.2) is 0 Å². The van der Waals surface area contributed by atoms with Gasteiger partial charge < -0.3 is 5.32 Å². The van der Waals surface area contributed by atoms with Crippen LogP contribution in [-0.4, -0.2) is 41.5 Å². The molecule has 1 N–H and O–H groups in total. The third-order valence-corrected chi connectivity index (χ3v) is 7.77. The molecule has 1 amide bonds. The molecule has 2 aromatic rings. The molecule has 29 heavy (non-hydrogen) atoms. The molecule has 3 rings (SSSR count). The number of piperidine rings is 1. The first-order chi connectivity index (χ1) is 13.6. The van der Waals surface area contributed by atoms with E-state index in [1.165, 1.54) is 4.68 Å². The number of nitrogens with zero attached hydrogens (tertiary/aromatic N) is 3. The molecule has 1 fully saturated rings. The van der Waals surface area contributed by atoms with Crippen molar-refractivity contribution in [3.8, 4) is 0 Å². The molecule has 8 heteroatoms. The molecule has 0 unspecified atom stereocenters. The van der Waals surface area contributed by atoms with Gasteiger partial charge in [0.25, 0.3) is 0 Å². The fraction of sp³-hybridized carbons (Fsp3) is 0.524. The Hall–Kier alpha value is -2.19. The van der Waals surface area contributed by atoms with E-state index >= 15 is 0 Å². The van der Waals surface area contributed by atoms with Gasteiger partial charge in [-0.25, -0.2) is 8.42 Å². The number of anilines is 1. The molecule has 158 valence electrons. The van der Waals surface area contributed by atoms with Crippen molar-refractivity contribution in [2.45, 2.75) is 58.9 Å². The number of nitrogens with one attached hydrogen (secondary N) is 1. The largest absolute Gasteiger partial charge is 0.324 e. The number of aryl methyl sites for hydroxylation is 3. The van der Waals surface area contributed by atoms with E-state index in [1.54, 1.807) is 18.2 Å². The zero-order valence-corrected chi connectivity index (χ0v) is 18.6. The van der Waals surface area contributed by atoms with Crippen molar-refractivity contribution in [1.82, 2.24) is 14.1 Å². The van der Waals surface area contributed by atoms with Crippen LogP contribution in [0.4, 0.5) is 5.69 Å². The summed E-state index contributed by atoms with van der Waals surface area (Å²) in [4.78, 5) is 12.8. The quantitative estimate of drug-likeness (QED) is 0.808. The van der Waals surface area contributed by atoms with Crippen LogP contribution in [-0.2, 0) is 21.4 Å². The molecule has 0 saturated carbocycles. The van der Waals surface area contributed by atoms with Crippen molar-refractivity contribution < 1.29 is 13.2 Å². The van der Waals surface area contributed by atoms with Crippen LogP contribution in [0.15, 0.2) is 23.1 Å². The predicted octanol–water partition coefficient (Wildman–Crippen LogP) is 3.18. The predicted molar refractivity (Wildman–Crippen MR) is 113 cm³/mol. The van der Waals surface area contributed by atoms with Gasteiger partial charge in [-0.15, -0.1) is 0 Å². The summed E-state index contributed by atoms with van der Waals surface area (Å²) in [6.45, 7) is 10.5. The lowest BCUT2D eigenvalue weighted by Gasteiger charge is -2.29. The first-order valence-electron chi connectivity index (χ1n) is 10.0. The van der Waals surface area contributed by atoms with Gasteiger partial charge in [0.2, 0.25) is 15.9 Å². The van der Waals surface area contributed by atoms with Gasteiger partial charge in [-0.05, 0) is 63.6 Å². The van der Waals surface area contributed by atoms with Crippen LogP contribution in [0.25, 0.3) is 0 Å². The molecule has 1 aromatic heterocycles. The Labute approximate surface area is 173 Å². The highest BCUT2D eigenvalue weighted by molar-refractivity contribution is 7.89. The normalized spacial score (nSPS) is 16.2. The van der Waals surface area contributed by atoms with Crippen LogP contribution < -0.4 is 5.32 Å². The highest BCUT2D eigenvalue weighted by Crippen LogP contribution is 2.27. The molecule has 1 aliphatic rings. The Morgan fingerprint density at radius 1 is 1.17 bits per heavy atom. The molecule has 7 nitrogen and oxygen atoms in total. The summed E-state index contributed by atoms with van der Waals surface area (Å²) in [7, 11) is -3.61. The van der Waals surface area contributed by atoms with Crippen molar-refractivity contribution in [2.24, 2.45) is 5.92 Å². The first kappa shape index (κ1) is 21.5. The van der Waals surface area contributed by atoms with E-state index in [9.17, 15) is 13.2 Å². The minimum atomic E-state index is -3.61. The average molecular weight is 419 g/mol. The lowest BCUT2D eigenvalue weighted by Crippen LogP contribution is -2.38. The maximum atomic E-state index is 13.2. The summed E-state index contributed by atoms with van der Waals surface area (Å²) in [5.41, 5.74) is 3.71. The Morgan fingerprint density at radius 2 is 1.83 bits per heavy atom. The molecular weight excluding hydrogens is 388 g/mol. The molecule has 0 radical (unpaired) electrons. The Bertz CT molecular complexity index is 1020. The molecule has 1 aromatic carbocycles. The summed E-state index contributed by atoms with van der Waals surface area (Å²) in [6.07, 6.45) is 1.73. The monoisotopic (exact) mass is 418 g/mol. The van der Waals surface area contributed by atoms with E-state index in [0.717, 1.165) is 29.7 Å². The molecule has 2 heterocycles. The SMILES string of the molecule is Cc1ccc(C)c(NC(=O)Cn2nc(C)c(S(=O)(=O)N3CCC(C)CC3)c2C)c1. The number of amides is 1. The third-order valence-electron chi connectivity index (χ3n) is 5.62. The van der Waals surface area contributed by atoms with Gasteiger partial charge in [-0.3, -0.25) is 9.48 Å². The minimum absolute atomic E-state index is 0.0351. The number of hydrogen-bond acceptors (Lipinski definition) is 4. The van der Waals surface area contributed by atoms with Crippen molar-refractivity contribution in [3.05, 3.63) is 40.7 Å². The van der Waals surface area contributed by atoms with E-state index < -0.39 is 10.0 Å². The van der Waals surface area contributed by atoms with Crippen molar-refractivity contribution >= 4 is 21.6 Å². The van der Waals surface area contributed by atoms with Crippen LogP contribution in [0.2, 0.25) is 0 Å². The smallest absolute Gasteiger partial charge is 0.246 e. The Morgan fingerprint density at radius 3 is 2.48 bits per heavy atom. The highest BCUT2D eigenvalue weighted by atomic mass is 32.2. The third kappa shape index (κ3) is 4.53. The second-order valence-corrected chi connectivity index (χ2v) is 9.99. The van der Waals surface area contributed by atoms with Gasteiger partial charge in [-0.2, -0.15) is 9.40 Å². The van der Waals surface area contributed by atoms with E-state index in [2.05, 4.69) is 17.3 Å². The fourth-order valence-corrected chi connectivity index (χ4v) is 5.60. The molecule has 0 bridgehead atoms. The summed E-state index contributed by atoms with van der Waals surface area (Å²) < 4.78 is 29.4. The van der Waals surface area contributed by atoms with Crippen LogP contribution >= 0.6 is 0 Å². The average Bonchev–Trinajstić information content (AvgIpc) is 2.92. The summed E-state index contributed by atoms with van der Waals surface area (Å²) in [5, 5.41) is 7.26. The van der Waals surface area contributed by atoms with Crippen LogP contribution in [0, 0.1) is 33.6 Å². The molecule has 1 aliphatic heterocycles. The number of carbonyl (C=O) groups excluding carboxylic acids is 1. The van der Waals surface area contributed by atoms with Crippen LogP contribution in [0.3, 0.4) is 0 Å². The first-order valence-corrected chi connectivity index (χ1v) is 11.4. The summed E-state index contributed by atoms with van der Waals surface area (Å²) in [6, 6.07) is 5.87. The fourth-order valence-electron chi connectivity index (χ4n) is 3.76. The van der Waals surface area contributed by atoms with Gasteiger partial charge in [0.05, 0.1) is 11.4 Å². The number of hydrogen-bond donors (Lipinski definition) is 1. The number of rotatable bonds is 5. The van der Waals surface area contributed by atoms with E-state index in [1.807, 2.05) is 32.0 Å². The van der Waals surface area contributed by atoms with E-state index in [0.29, 0.717) is 30.4 Å². The number of sulfonamides is 1. The summed E-state index contributed by atoms with van der Waals surface area (Å²) >= 11 is 0. The Kier molecular flexibility index (Phi) is 6.14. The topological polar surface area (TPSA) is 84.3 Å². The van der Waals surface area contributed by atoms with Gasteiger partial charge >= 0.3 is 0 Å². The van der Waals surface area contributed by atoms with E-state index in [4.69, 9.17) is 0 Å². The zero-order chi connectivity index (χ0) is 21.3. The lowest BCUT2D eigenvalue weighted by atomic mass is 10.0. The molecule has 1 saturated heterocycles. The standard InChI is InChI=1S/C21H30N4O3S/c1-14-8-10-24(11-9-14)29(27,28)21-17(4)23-25(18(21)5)13-20(26)22-19-12-15(2)6-7-16(19)3/h6-7,12,14H,8-11,13H2,1-5H3,(H,22,26). The maximum absolute atomic E-state index is 13.2. The Balaban J connectivity index is 1.80. The lowest BCUT2D eigenvalue weighted by molar-refractivity contribution is -0.116. The molecule has 0 aliphatic carbocycles. The molecule has 0 atom stereocenters. The minimum Gasteiger partial charge on any atom is -0.324 e. The van der Waals surface area contributed by atoms with E-state index in [-0.39, 0.29) is 17.3 Å². The van der Waals surface area contributed by atoms with Gasteiger partial charge in [0, 0.05) is 18.8 Å². The number of benzene rings is 1. The number of carbonyl (C=O) groups is 1. The molecule has 0 spiro atoms. The van der Waals surface area contributed by atoms with Crippen molar-refractivity contribution in [2.75, 3.05) is 18.4 Å². The van der Waals surface area contributed by atoms with Gasteiger partial charge in [0.1, 0.15) is 11.4 Å². The number of aromatic nitrogens is 2. The van der Waals surface area contributed by atoms with Crippen LogP contribution in [0.1, 0.15) is 42.3 Å². The second kappa shape index (κ2) is 8.28. The zero-order valence-electron chi connectivity index (χ0n) is 17.8. The van der Waals surface area contributed by atoms with Gasteiger partial charge in [-0.1, -0.05) is 19.1 Å². The molecular formula is C21H30N4O3S. The highest BCUT2D eigenvalue weighted by Gasteiger charge is 2.33.